The first-order chi connectivity index (χ1) is 23.1. The summed E-state index contributed by atoms with van der Waals surface area (Å²) in [6.45, 7) is 1.88. The molecule has 1 saturated heterocycles. The summed E-state index contributed by atoms with van der Waals surface area (Å²) in [5, 5.41) is 16.7. The van der Waals surface area contributed by atoms with Gasteiger partial charge < -0.3 is 24.6 Å². The van der Waals surface area contributed by atoms with Crippen molar-refractivity contribution in [2.75, 3.05) is 55.1 Å². The van der Waals surface area contributed by atoms with Crippen LogP contribution in [0, 0.1) is 17.7 Å². The second-order valence-electron chi connectivity index (χ2n) is 11.3. The van der Waals surface area contributed by atoms with Gasteiger partial charge in [-0.3, -0.25) is 4.79 Å². The number of hydrogen-bond acceptors (Lipinski definition) is 10. The molecule has 1 aliphatic heterocycles. The van der Waals surface area contributed by atoms with E-state index in [2.05, 4.69) is 30.6 Å². The molecular formula is C32H34FN9O3. The van der Waals surface area contributed by atoms with E-state index in [0.717, 1.165) is 12.0 Å². The van der Waals surface area contributed by atoms with E-state index in [1.807, 2.05) is 24.0 Å². The fourth-order valence-electron chi connectivity index (χ4n) is 5.59. The van der Waals surface area contributed by atoms with E-state index in [1.54, 1.807) is 36.4 Å². The minimum atomic E-state index is -2.33. The highest BCUT2D eigenvalue weighted by Gasteiger charge is 2.39. The number of nitrogens with zero attached hydrogens (tertiary/aromatic N) is 8. The molecule has 13 heteroatoms. The molecule has 2 fully saturated rings. The van der Waals surface area contributed by atoms with Crippen LogP contribution in [0.2, 0.25) is 0 Å². The Morgan fingerprint density at radius 3 is 2.76 bits per heavy atom. The molecule has 0 spiro atoms. The molecule has 1 saturated carbocycles. The number of rotatable bonds is 9. The van der Waals surface area contributed by atoms with Crippen molar-refractivity contribution in [3.63, 3.8) is 0 Å². The fourth-order valence-corrected chi connectivity index (χ4v) is 5.59. The smallest absolute Gasteiger partial charge is 0.228 e. The molecule has 1 N–H and O–H groups in total. The summed E-state index contributed by atoms with van der Waals surface area (Å²) >= 11 is 0. The summed E-state index contributed by atoms with van der Waals surface area (Å²) in [5.41, 5.74) is 2.19. The lowest BCUT2D eigenvalue weighted by atomic mass is 10.1. The van der Waals surface area contributed by atoms with Gasteiger partial charge in [0, 0.05) is 59.4 Å². The van der Waals surface area contributed by atoms with E-state index in [-0.39, 0.29) is 59.5 Å². The zero-order valence-corrected chi connectivity index (χ0v) is 24.9. The molecule has 5 aromatic rings. The van der Waals surface area contributed by atoms with Crippen LogP contribution in [0.4, 0.5) is 21.7 Å². The SMILES string of the molecule is [2H]C([2H])([2H])CN(Cc1ccc(OC)cc1)c1ncc(-c2nc3c(F)cc(N4CCOCC4)cn3n2)c2cc(NC(=O)[C@H]3C[C@H]3C)nnc12. The number of aromatic nitrogens is 6. The minimum absolute atomic E-state index is 0.0287. The molecular weight excluding hydrogens is 577 g/mol. The molecule has 2 atom stereocenters. The first kappa shape index (κ1) is 25.4. The quantitative estimate of drug-likeness (QED) is 0.257. The van der Waals surface area contributed by atoms with Crippen molar-refractivity contribution in [1.82, 2.24) is 29.8 Å². The second kappa shape index (κ2) is 11.9. The summed E-state index contributed by atoms with van der Waals surface area (Å²) in [6.07, 6.45) is 4.04. The van der Waals surface area contributed by atoms with Crippen LogP contribution in [0.3, 0.4) is 0 Å². The molecule has 5 heterocycles. The predicted molar refractivity (Wildman–Crippen MR) is 168 cm³/mol. The van der Waals surface area contributed by atoms with Crippen molar-refractivity contribution >= 4 is 39.8 Å². The fraction of sp³-hybridized carbons (Fsp3) is 0.375. The predicted octanol–water partition coefficient (Wildman–Crippen LogP) is 4.34. The topological polar surface area (TPSA) is 123 Å². The maximum Gasteiger partial charge on any atom is 0.228 e. The molecule has 232 valence electrons. The molecule has 7 rings (SSSR count). The molecule has 0 radical (unpaired) electrons. The average molecular weight is 615 g/mol. The number of methoxy groups -OCH3 is 1. The number of halogens is 1. The molecule has 0 bridgehead atoms. The zero-order valence-electron chi connectivity index (χ0n) is 27.9. The monoisotopic (exact) mass is 614 g/mol. The number of carbonyl (C=O) groups excluding carboxylic acids is 1. The number of morpholine rings is 1. The van der Waals surface area contributed by atoms with Crippen LogP contribution < -0.4 is 19.9 Å². The van der Waals surface area contributed by atoms with Gasteiger partial charge in [0.1, 0.15) is 11.3 Å². The van der Waals surface area contributed by atoms with E-state index in [9.17, 15) is 4.79 Å². The summed E-state index contributed by atoms with van der Waals surface area (Å²) in [6, 6.07) is 10.4. The van der Waals surface area contributed by atoms with Crippen LogP contribution in [0.1, 0.15) is 29.9 Å². The standard InChI is InChI=1S/C32H34FN9O3/c1-4-40(17-20-5-7-22(44-3)8-6-20)31-28-24(15-27(37-38-28)35-32(43)23-13-19(23)2)25(16-34-31)29-36-30-26(33)14-21(18-42(30)39-29)41-9-11-45-12-10-41/h5-8,14-16,18-19,23H,4,9-13,17H2,1-3H3,(H,35,37,43)/t19-,23+/m1/s1/i1D3. The number of amides is 1. The van der Waals surface area contributed by atoms with E-state index in [0.29, 0.717) is 48.7 Å². The second-order valence-corrected chi connectivity index (χ2v) is 11.3. The normalized spacial score (nSPS) is 19.2. The third-order valence-corrected chi connectivity index (χ3v) is 8.32. The Labute approximate surface area is 263 Å². The molecule has 1 amide bonds. The highest BCUT2D eigenvalue weighted by molar-refractivity contribution is 6.01. The number of nitrogens with one attached hydrogen (secondary N) is 1. The minimum Gasteiger partial charge on any atom is -0.497 e. The van der Waals surface area contributed by atoms with E-state index >= 15 is 4.39 Å². The third-order valence-electron chi connectivity index (χ3n) is 8.32. The molecule has 1 aromatic carbocycles. The van der Waals surface area contributed by atoms with Crippen molar-refractivity contribution in [2.45, 2.75) is 26.7 Å². The Morgan fingerprint density at radius 1 is 1.22 bits per heavy atom. The van der Waals surface area contributed by atoms with Gasteiger partial charge >= 0.3 is 0 Å². The first-order valence-electron chi connectivity index (χ1n) is 16.3. The van der Waals surface area contributed by atoms with Gasteiger partial charge in [-0.25, -0.2) is 18.9 Å². The van der Waals surface area contributed by atoms with Crippen molar-refractivity contribution in [1.29, 1.82) is 0 Å². The van der Waals surface area contributed by atoms with E-state index in [4.69, 9.17) is 13.6 Å². The van der Waals surface area contributed by atoms with Crippen molar-refractivity contribution < 1.29 is 22.8 Å². The molecule has 4 aromatic heterocycles. The van der Waals surface area contributed by atoms with E-state index < -0.39 is 12.7 Å². The Bertz CT molecular complexity index is 1980. The largest absolute Gasteiger partial charge is 0.497 e. The zero-order chi connectivity index (χ0) is 33.6. The summed E-state index contributed by atoms with van der Waals surface area (Å²) in [7, 11) is 1.57. The van der Waals surface area contributed by atoms with Crippen LogP contribution in [0.5, 0.6) is 5.75 Å². The molecule has 12 nitrogen and oxygen atoms in total. The number of ether oxygens (including phenoxy) is 2. The van der Waals surface area contributed by atoms with Crippen molar-refractivity contribution in [3.8, 4) is 17.1 Å². The highest BCUT2D eigenvalue weighted by Crippen LogP contribution is 2.39. The summed E-state index contributed by atoms with van der Waals surface area (Å²) < 4.78 is 51.7. The van der Waals surface area contributed by atoms with Gasteiger partial charge in [-0.05, 0) is 43.0 Å². The van der Waals surface area contributed by atoms with Gasteiger partial charge in [0.2, 0.25) is 5.91 Å². The number of carbonyl (C=O) groups is 1. The molecule has 45 heavy (non-hydrogen) atoms. The van der Waals surface area contributed by atoms with Gasteiger partial charge in [-0.1, -0.05) is 19.1 Å². The Hall–Kier alpha value is -4.91. The lowest BCUT2D eigenvalue weighted by Gasteiger charge is -2.28. The molecule has 1 aliphatic carbocycles. The van der Waals surface area contributed by atoms with Crippen LogP contribution in [0.15, 0.2) is 48.8 Å². The maximum atomic E-state index is 15.4. The summed E-state index contributed by atoms with van der Waals surface area (Å²) in [5.74, 6) is 0.826. The lowest BCUT2D eigenvalue weighted by molar-refractivity contribution is -0.117. The Balaban J connectivity index is 1.33. The average Bonchev–Trinajstić information content (AvgIpc) is 3.65. The Kier molecular flexibility index (Phi) is 6.71. The van der Waals surface area contributed by atoms with Gasteiger partial charge in [-0.15, -0.1) is 15.3 Å². The van der Waals surface area contributed by atoms with Gasteiger partial charge in [-0.2, -0.15) is 0 Å². The van der Waals surface area contributed by atoms with Gasteiger partial charge in [0.25, 0.3) is 0 Å². The van der Waals surface area contributed by atoms with Gasteiger partial charge in [0.05, 0.1) is 32.2 Å². The number of pyridine rings is 2. The number of anilines is 3. The van der Waals surface area contributed by atoms with Crippen LogP contribution in [-0.2, 0) is 16.1 Å². The van der Waals surface area contributed by atoms with E-state index in [1.165, 1.54) is 16.8 Å². The lowest BCUT2D eigenvalue weighted by Crippen LogP contribution is -2.36. The van der Waals surface area contributed by atoms with Gasteiger partial charge in [0.15, 0.2) is 28.9 Å². The van der Waals surface area contributed by atoms with Crippen LogP contribution in [-0.4, -0.2) is 75.6 Å². The number of benzene rings is 1. The molecule has 0 unspecified atom stereocenters. The van der Waals surface area contributed by atoms with Crippen molar-refractivity contribution in [3.05, 3.63) is 60.2 Å². The van der Waals surface area contributed by atoms with Crippen molar-refractivity contribution in [2.24, 2.45) is 11.8 Å². The number of hydrogen-bond donors (Lipinski definition) is 1. The summed E-state index contributed by atoms with van der Waals surface area (Å²) in [4.78, 5) is 25.7. The third kappa shape index (κ3) is 5.70. The molecule has 2 aliphatic rings. The highest BCUT2D eigenvalue weighted by atomic mass is 19.1. The Morgan fingerprint density at radius 2 is 2.02 bits per heavy atom. The van der Waals surface area contributed by atoms with Crippen LogP contribution in [0.25, 0.3) is 27.9 Å². The van der Waals surface area contributed by atoms with Crippen LogP contribution >= 0.6 is 0 Å². The first-order valence-corrected chi connectivity index (χ1v) is 14.8. The number of fused-ring (bicyclic) bond motifs is 2. The maximum absolute atomic E-state index is 15.4.